The average molecular weight is 229 g/mol. The fraction of sp³-hybridized carbons (Fsp3) is 0.0833. The summed E-state index contributed by atoms with van der Waals surface area (Å²) in [5.41, 5.74) is 6.53. The van der Waals surface area contributed by atoms with Crippen LogP contribution in [0.25, 0.3) is 0 Å². The van der Waals surface area contributed by atoms with Gasteiger partial charge in [-0.2, -0.15) is 0 Å². The van der Waals surface area contributed by atoms with E-state index in [1.165, 1.54) is 12.4 Å². The molecule has 0 radical (unpaired) electrons. The molecule has 2 aromatic rings. The van der Waals surface area contributed by atoms with Crippen LogP contribution in [0.15, 0.2) is 42.7 Å². The molecule has 0 bridgehead atoms. The van der Waals surface area contributed by atoms with E-state index in [0.717, 1.165) is 5.56 Å². The first-order valence-electron chi connectivity index (χ1n) is 5.04. The summed E-state index contributed by atoms with van der Waals surface area (Å²) in [5, 5.41) is 0. The lowest BCUT2D eigenvalue weighted by atomic mass is 10.2. The van der Waals surface area contributed by atoms with Crippen molar-refractivity contribution in [3.63, 3.8) is 0 Å². The van der Waals surface area contributed by atoms with Crippen LogP contribution in [0.2, 0.25) is 0 Å². The van der Waals surface area contributed by atoms with Gasteiger partial charge in [0, 0.05) is 12.4 Å². The first-order chi connectivity index (χ1) is 8.25. The number of ether oxygens (including phenoxy) is 1. The Bertz CT molecular complexity index is 497. The zero-order valence-electron chi connectivity index (χ0n) is 9.04. The van der Waals surface area contributed by atoms with Crippen molar-refractivity contribution in [3.05, 3.63) is 53.9 Å². The molecule has 0 amide bonds. The standard InChI is InChI=1S/C12H11N3O2/c13-12-14-6-10(7-15-12)11(16)17-8-9-4-2-1-3-5-9/h1-7H,8H2,(H2,13,14,15). The molecular formula is C12H11N3O2. The van der Waals surface area contributed by atoms with Crippen molar-refractivity contribution in [3.8, 4) is 0 Å². The van der Waals surface area contributed by atoms with Gasteiger partial charge in [-0.1, -0.05) is 30.3 Å². The molecule has 5 heteroatoms. The van der Waals surface area contributed by atoms with Crippen LogP contribution in [0.3, 0.4) is 0 Å². The molecule has 0 unspecified atom stereocenters. The Balaban J connectivity index is 1.96. The van der Waals surface area contributed by atoms with Crippen molar-refractivity contribution < 1.29 is 9.53 Å². The van der Waals surface area contributed by atoms with Crippen LogP contribution in [0.5, 0.6) is 0 Å². The third kappa shape index (κ3) is 3.01. The summed E-state index contributed by atoms with van der Waals surface area (Å²) >= 11 is 0. The Hall–Kier alpha value is -2.43. The molecule has 0 spiro atoms. The highest BCUT2D eigenvalue weighted by atomic mass is 16.5. The fourth-order valence-corrected chi connectivity index (χ4v) is 1.25. The number of aromatic nitrogens is 2. The van der Waals surface area contributed by atoms with Gasteiger partial charge >= 0.3 is 5.97 Å². The molecule has 2 N–H and O–H groups in total. The van der Waals surface area contributed by atoms with E-state index in [0.29, 0.717) is 0 Å². The molecule has 17 heavy (non-hydrogen) atoms. The zero-order chi connectivity index (χ0) is 12.1. The number of anilines is 1. The summed E-state index contributed by atoms with van der Waals surface area (Å²) < 4.78 is 5.09. The Morgan fingerprint density at radius 1 is 1.18 bits per heavy atom. The second-order valence-corrected chi connectivity index (χ2v) is 3.39. The van der Waals surface area contributed by atoms with Gasteiger partial charge in [-0.05, 0) is 5.56 Å². The third-order valence-electron chi connectivity index (χ3n) is 2.12. The molecule has 0 aliphatic carbocycles. The molecule has 86 valence electrons. The first-order valence-corrected chi connectivity index (χ1v) is 5.04. The van der Waals surface area contributed by atoms with E-state index < -0.39 is 5.97 Å². The Kier molecular flexibility index (Phi) is 3.30. The summed E-state index contributed by atoms with van der Waals surface area (Å²) in [4.78, 5) is 19.0. The van der Waals surface area contributed by atoms with Crippen molar-refractivity contribution in [2.45, 2.75) is 6.61 Å². The van der Waals surface area contributed by atoms with Crippen molar-refractivity contribution in [1.82, 2.24) is 9.97 Å². The van der Waals surface area contributed by atoms with E-state index in [-0.39, 0.29) is 18.1 Å². The molecular weight excluding hydrogens is 218 g/mol. The highest BCUT2D eigenvalue weighted by Crippen LogP contribution is 2.05. The Morgan fingerprint density at radius 2 is 1.82 bits per heavy atom. The molecule has 0 aliphatic heterocycles. The average Bonchev–Trinajstić information content (AvgIpc) is 2.38. The lowest BCUT2D eigenvalue weighted by Crippen LogP contribution is -2.07. The van der Waals surface area contributed by atoms with Gasteiger partial charge in [0.15, 0.2) is 0 Å². The number of carbonyl (C=O) groups is 1. The number of carbonyl (C=O) groups excluding carboxylic acids is 1. The van der Waals surface area contributed by atoms with E-state index >= 15 is 0 Å². The van der Waals surface area contributed by atoms with Crippen molar-refractivity contribution in [2.24, 2.45) is 0 Å². The van der Waals surface area contributed by atoms with Crippen LogP contribution >= 0.6 is 0 Å². The molecule has 0 aliphatic rings. The topological polar surface area (TPSA) is 78.1 Å². The van der Waals surface area contributed by atoms with Gasteiger partial charge in [0.1, 0.15) is 6.61 Å². The van der Waals surface area contributed by atoms with Crippen LogP contribution in [-0.4, -0.2) is 15.9 Å². The minimum absolute atomic E-state index is 0.129. The number of nitrogens with two attached hydrogens (primary N) is 1. The third-order valence-corrected chi connectivity index (χ3v) is 2.12. The maximum absolute atomic E-state index is 11.6. The molecule has 2 rings (SSSR count). The highest BCUT2D eigenvalue weighted by Gasteiger charge is 2.08. The van der Waals surface area contributed by atoms with E-state index in [4.69, 9.17) is 10.5 Å². The summed E-state index contributed by atoms with van der Waals surface area (Å²) in [6.45, 7) is 0.226. The number of nitrogens with zero attached hydrogens (tertiary/aromatic N) is 2. The van der Waals surface area contributed by atoms with E-state index in [2.05, 4.69) is 9.97 Å². The lowest BCUT2D eigenvalue weighted by molar-refractivity contribution is 0.0472. The number of benzene rings is 1. The molecule has 1 aromatic carbocycles. The predicted molar refractivity (Wildman–Crippen MR) is 62.0 cm³/mol. The molecule has 1 heterocycles. The zero-order valence-corrected chi connectivity index (χ0v) is 9.04. The minimum atomic E-state index is -0.464. The monoisotopic (exact) mass is 229 g/mol. The van der Waals surface area contributed by atoms with Crippen molar-refractivity contribution in [1.29, 1.82) is 0 Å². The number of esters is 1. The van der Waals surface area contributed by atoms with Crippen LogP contribution in [-0.2, 0) is 11.3 Å². The van der Waals surface area contributed by atoms with E-state index in [1.54, 1.807) is 0 Å². The van der Waals surface area contributed by atoms with E-state index in [9.17, 15) is 4.79 Å². The maximum atomic E-state index is 11.6. The molecule has 0 atom stereocenters. The van der Waals surface area contributed by atoms with Crippen LogP contribution in [0.4, 0.5) is 5.95 Å². The van der Waals surface area contributed by atoms with Crippen LogP contribution < -0.4 is 5.73 Å². The summed E-state index contributed by atoms with van der Waals surface area (Å²) in [7, 11) is 0. The molecule has 0 fully saturated rings. The second-order valence-electron chi connectivity index (χ2n) is 3.39. The molecule has 0 saturated heterocycles. The number of hydrogen-bond donors (Lipinski definition) is 1. The van der Waals surface area contributed by atoms with Gasteiger partial charge in [0.2, 0.25) is 5.95 Å². The van der Waals surface area contributed by atoms with Crippen LogP contribution in [0.1, 0.15) is 15.9 Å². The Morgan fingerprint density at radius 3 is 2.47 bits per heavy atom. The van der Waals surface area contributed by atoms with Crippen molar-refractivity contribution >= 4 is 11.9 Å². The molecule has 0 saturated carbocycles. The van der Waals surface area contributed by atoms with Gasteiger partial charge in [-0.25, -0.2) is 14.8 Å². The van der Waals surface area contributed by atoms with Gasteiger partial charge in [0.25, 0.3) is 0 Å². The number of hydrogen-bond acceptors (Lipinski definition) is 5. The molecule has 5 nitrogen and oxygen atoms in total. The summed E-state index contributed by atoms with van der Waals surface area (Å²) in [6, 6.07) is 9.43. The molecule has 1 aromatic heterocycles. The van der Waals surface area contributed by atoms with E-state index in [1.807, 2.05) is 30.3 Å². The quantitative estimate of drug-likeness (QED) is 0.805. The fourth-order valence-electron chi connectivity index (χ4n) is 1.25. The summed E-state index contributed by atoms with van der Waals surface area (Å²) in [6.07, 6.45) is 2.69. The second kappa shape index (κ2) is 5.07. The minimum Gasteiger partial charge on any atom is -0.457 e. The van der Waals surface area contributed by atoms with Gasteiger partial charge in [0.05, 0.1) is 5.56 Å². The first kappa shape index (κ1) is 11.1. The van der Waals surface area contributed by atoms with Gasteiger partial charge in [-0.3, -0.25) is 0 Å². The summed E-state index contributed by atoms with van der Waals surface area (Å²) in [5.74, 6) is -0.335. The smallest absolute Gasteiger partial charge is 0.341 e. The van der Waals surface area contributed by atoms with Crippen molar-refractivity contribution in [2.75, 3.05) is 5.73 Å². The largest absolute Gasteiger partial charge is 0.457 e. The highest BCUT2D eigenvalue weighted by molar-refractivity contribution is 5.88. The van der Waals surface area contributed by atoms with Crippen LogP contribution in [0, 0.1) is 0 Å². The predicted octanol–water partition coefficient (Wildman–Crippen LogP) is 1.42. The number of rotatable bonds is 3. The normalized spacial score (nSPS) is 9.88. The SMILES string of the molecule is Nc1ncc(C(=O)OCc2ccccc2)cn1. The maximum Gasteiger partial charge on any atom is 0.341 e. The Labute approximate surface area is 98.3 Å². The van der Waals surface area contributed by atoms with Gasteiger partial charge in [-0.15, -0.1) is 0 Å². The number of nitrogen functional groups attached to an aromatic ring is 1. The lowest BCUT2D eigenvalue weighted by Gasteiger charge is -2.04. The van der Waals surface area contributed by atoms with Gasteiger partial charge < -0.3 is 10.5 Å².